The molecule has 0 aromatic carbocycles. The van der Waals surface area contributed by atoms with E-state index in [-0.39, 0.29) is 32.0 Å². The summed E-state index contributed by atoms with van der Waals surface area (Å²) in [7, 11) is 1.17. The Morgan fingerprint density at radius 3 is 1.27 bits per heavy atom. The molecular formula is C54H104NO8P. The third-order valence-corrected chi connectivity index (χ3v) is 12.9. The molecule has 0 fully saturated rings. The van der Waals surface area contributed by atoms with E-state index in [2.05, 4.69) is 38.2 Å². The number of likely N-dealkylation sites (N-methyl/N-ethyl adjacent to an activating group) is 1. The van der Waals surface area contributed by atoms with E-state index >= 15 is 0 Å². The van der Waals surface area contributed by atoms with Crippen molar-refractivity contribution in [2.45, 2.75) is 264 Å². The predicted molar refractivity (Wildman–Crippen MR) is 268 cm³/mol. The second kappa shape index (κ2) is 46.6. The number of hydrogen-bond acceptors (Lipinski definition) is 8. The van der Waals surface area contributed by atoms with Crippen molar-refractivity contribution >= 4 is 19.8 Å². The van der Waals surface area contributed by atoms with E-state index in [9.17, 15) is 19.0 Å². The van der Waals surface area contributed by atoms with E-state index in [1.54, 1.807) is 0 Å². The molecular weight excluding hydrogens is 822 g/mol. The van der Waals surface area contributed by atoms with Crippen LogP contribution < -0.4 is 4.89 Å². The third kappa shape index (κ3) is 49.9. The molecule has 64 heavy (non-hydrogen) atoms. The monoisotopic (exact) mass is 926 g/mol. The van der Waals surface area contributed by atoms with Crippen LogP contribution in [0.25, 0.3) is 0 Å². The average Bonchev–Trinajstić information content (AvgIpc) is 3.25. The van der Waals surface area contributed by atoms with Crippen molar-refractivity contribution in [3.05, 3.63) is 24.3 Å². The molecule has 10 heteroatoms. The first kappa shape index (κ1) is 62.5. The number of allylic oxidation sites excluding steroid dienone is 4. The zero-order valence-electron chi connectivity index (χ0n) is 42.7. The molecule has 0 bridgehead atoms. The number of phosphoric acid groups is 1. The number of unbranched alkanes of at least 4 members (excludes halogenated alkanes) is 32. The van der Waals surface area contributed by atoms with Gasteiger partial charge in [-0.25, -0.2) is 0 Å². The number of esters is 2. The Kier molecular flexibility index (Phi) is 45.5. The van der Waals surface area contributed by atoms with Gasteiger partial charge in [0, 0.05) is 12.8 Å². The molecule has 0 aromatic rings. The molecule has 378 valence electrons. The lowest BCUT2D eigenvalue weighted by Crippen LogP contribution is -2.37. The van der Waals surface area contributed by atoms with Gasteiger partial charge in [0.25, 0.3) is 7.82 Å². The average molecular weight is 926 g/mol. The summed E-state index contributed by atoms with van der Waals surface area (Å²) in [5.74, 6) is -0.837. The van der Waals surface area contributed by atoms with Crippen molar-refractivity contribution < 1.29 is 42.1 Å². The largest absolute Gasteiger partial charge is 0.756 e. The van der Waals surface area contributed by atoms with E-state index in [1.807, 2.05) is 21.1 Å². The summed E-state index contributed by atoms with van der Waals surface area (Å²) in [6.45, 7) is 4.23. The molecule has 0 spiro atoms. The normalized spacial score (nSPS) is 13.5. The van der Waals surface area contributed by atoms with E-state index in [4.69, 9.17) is 18.5 Å². The number of carbonyl (C=O) groups is 2. The van der Waals surface area contributed by atoms with Crippen LogP contribution in [0.3, 0.4) is 0 Å². The smallest absolute Gasteiger partial charge is 0.306 e. The molecule has 0 aromatic heterocycles. The highest BCUT2D eigenvalue weighted by Gasteiger charge is 2.21. The van der Waals surface area contributed by atoms with Crippen LogP contribution in [0.2, 0.25) is 0 Å². The number of carbonyl (C=O) groups excluding carboxylic acids is 2. The summed E-state index contributed by atoms with van der Waals surface area (Å²) in [5.41, 5.74) is 0. The first-order valence-electron chi connectivity index (χ1n) is 27.0. The van der Waals surface area contributed by atoms with Crippen LogP contribution in [0.15, 0.2) is 24.3 Å². The fourth-order valence-electron chi connectivity index (χ4n) is 7.75. The first-order chi connectivity index (χ1) is 31.0. The van der Waals surface area contributed by atoms with Crippen molar-refractivity contribution in [1.29, 1.82) is 0 Å². The van der Waals surface area contributed by atoms with E-state index in [1.165, 1.54) is 167 Å². The predicted octanol–water partition coefficient (Wildman–Crippen LogP) is 15.6. The van der Waals surface area contributed by atoms with Crippen LogP contribution in [-0.2, 0) is 32.7 Å². The van der Waals surface area contributed by atoms with Gasteiger partial charge in [0.1, 0.15) is 19.8 Å². The Balaban J connectivity index is 4.12. The second-order valence-corrected chi connectivity index (χ2v) is 21.0. The minimum atomic E-state index is -4.63. The van der Waals surface area contributed by atoms with Gasteiger partial charge in [-0.3, -0.25) is 14.2 Å². The van der Waals surface area contributed by atoms with Gasteiger partial charge in [0.05, 0.1) is 27.7 Å². The van der Waals surface area contributed by atoms with Crippen LogP contribution in [-0.4, -0.2) is 70.0 Å². The maximum Gasteiger partial charge on any atom is 0.306 e. The summed E-state index contributed by atoms with van der Waals surface area (Å²) in [4.78, 5) is 37.7. The zero-order chi connectivity index (χ0) is 47.1. The van der Waals surface area contributed by atoms with Gasteiger partial charge in [-0.1, -0.05) is 224 Å². The summed E-state index contributed by atoms with van der Waals surface area (Å²) in [6.07, 6.45) is 53.6. The Bertz CT molecular complexity index is 1140. The van der Waals surface area contributed by atoms with Crippen LogP contribution in [0.1, 0.15) is 258 Å². The van der Waals surface area contributed by atoms with Gasteiger partial charge in [-0.2, -0.15) is 0 Å². The van der Waals surface area contributed by atoms with Crippen LogP contribution in [0.4, 0.5) is 0 Å². The molecule has 0 aliphatic rings. The maximum atomic E-state index is 12.7. The van der Waals surface area contributed by atoms with E-state index in [0.29, 0.717) is 17.4 Å². The molecule has 0 N–H and O–H groups in total. The molecule has 0 amide bonds. The molecule has 0 radical (unpaired) electrons. The molecule has 0 aliphatic carbocycles. The molecule has 0 heterocycles. The molecule has 9 nitrogen and oxygen atoms in total. The van der Waals surface area contributed by atoms with Crippen molar-refractivity contribution in [2.75, 3.05) is 47.5 Å². The first-order valence-corrected chi connectivity index (χ1v) is 28.5. The zero-order valence-corrected chi connectivity index (χ0v) is 43.6. The number of hydrogen-bond donors (Lipinski definition) is 0. The standard InChI is InChI=1S/C54H104NO8P/c1-6-8-10-12-14-16-18-20-22-23-24-25-26-27-28-29-30-31-33-34-36-38-40-42-44-46-53(56)60-50-52(51-62-64(58,59)61-49-48-55(3,4)5)63-54(57)47-45-43-41-39-37-35-32-21-19-17-15-13-11-9-7-2/h15,17,21,32,52H,6-14,16,18-20,22-31,33-51H2,1-5H3/b17-15-,32-21-. The van der Waals surface area contributed by atoms with Gasteiger partial charge in [-0.15, -0.1) is 0 Å². The Morgan fingerprint density at radius 2 is 0.844 bits per heavy atom. The second-order valence-electron chi connectivity index (χ2n) is 19.6. The Hall–Kier alpha value is -1.51. The number of quaternary nitrogens is 1. The van der Waals surface area contributed by atoms with Gasteiger partial charge in [-0.05, 0) is 44.9 Å². The Morgan fingerprint density at radius 1 is 0.484 bits per heavy atom. The number of rotatable bonds is 50. The van der Waals surface area contributed by atoms with Crippen LogP contribution >= 0.6 is 7.82 Å². The topological polar surface area (TPSA) is 111 Å². The summed E-state index contributed by atoms with van der Waals surface area (Å²) in [5, 5.41) is 0. The molecule has 0 saturated heterocycles. The molecule has 0 aliphatic heterocycles. The van der Waals surface area contributed by atoms with Crippen LogP contribution in [0, 0.1) is 0 Å². The van der Waals surface area contributed by atoms with Crippen molar-refractivity contribution in [3.63, 3.8) is 0 Å². The van der Waals surface area contributed by atoms with Crippen molar-refractivity contribution in [3.8, 4) is 0 Å². The van der Waals surface area contributed by atoms with Crippen molar-refractivity contribution in [1.82, 2.24) is 0 Å². The highest BCUT2D eigenvalue weighted by Crippen LogP contribution is 2.38. The van der Waals surface area contributed by atoms with Gasteiger partial charge in [0.15, 0.2) is 6.10 Å². The SMILES string of the molecule is CCCCC/C=C\C/C=C\CCCCCCCC(=O)OC(COC(=O)CCCCCCCCCCCCCCCCCCCCCCCCCCC)COP(=O)([O-])OCC[N+](C)(C)C. The van der Waals surface area contributed by atoms with E-state index in [0.717, 1.165) is 57.8 Å². The number of ether oxygens (including phenoxy) is 2. The van der Waals surface area contributed by atoms with E-state index < -0.39 is 26.5 Å². The minimum Gasteiger partial charge on any atom is -0.756 e. The lowest BCUT2D eigenvalue weighted by atomic mass is 10.0. The van der Waals surface area contributed by atoms with Gasteiger partial charge >= 0.3 is 11.9 Å². The molecule has 2 atom stereocenters. The lowest BCUT2D eigenvalue weighted by Gasteiger charge is -2.28. The lowest BCUT2D eigenvalue weighted by molar-refractivity contribution is -0.870. The molecule has 0 rings (SSSR count). The number of nitrogens with zero attached hydrogens (tertiary/aromatic N) is 1. The summed E-state index contributed by atoms with van der Waals surface area (Å²) in [6, 6.07) is 0. The highest BCUT2D eigenvalue weighted by molar-refractivity contribution is 7.45. The van der Waals surface area contributed by atoms with Gasteiger partial charge < -0.3 is 27.9 Å². The molecule has 0 saturated carbocycles. The maximum absolute atomic E-state index is 12.7. The Labute approximate surface area is 396 Å². The summed E-state index contributed by atoms with van der Waals surface area (Å²) < 4.78 is 34.0. The third-order valence-electron chi connectivity index (χ3n) is 12.0. The fourth-order valence-corrected chi connectivity index (χ4v) is 8.48. The minimum absolute atomic E-state index is 0.0316. The van der Waals surface area contributed by atoms with Gasteiger partial charge in [0.2, 0.25) is 0 Å². The summed E-state index contributed by atoms with van der Waals surface area (Å²) >= 11 is 0. The van der Waals surface area contributed by atoms with Crippen LogP contribution in [0.5, 0.6) is 0 Å². The van der Waals surface area contributed by atoms with Crippen molar-refractivity contribution in [2.24, 2.45) is 0 Å². The molecule has 2 unspecified atom stereocenters. The highest BCUT2D eigenvalue weighted by atomic mass is 31.2. The number of phosphoric ester groups is 1. The quantitative estimate of drug-likeness (QED) is 0.0195. The fraction of sp³-hybridized carbons (Fsp3) is 0.889.